The number of allylic oxidation sites excluding steroid dienone is 8. The van der Waals surface area contributed by atoms with Crippen LogP contribution in [0.15, 0.2) is 72.9 Å². The highest BCUT2D eigenvalue weighted by Gasteiger charge is 2.21. The quantitative estimate of drug-likeness (QED) is 0.0493. The zero-order valence-corrected chi connectivity index (χ0v) is 37.0. The fourth-order valence-corrected chi connectivity index (χ4v) is 7.39. The van der Waals surface area contributed by atoms with Gasteiger partial charge in [0.25, 0.3) is 0 Å². The van der Waals surface area contributed by atoms with E-state index in [9.17, 15) is 0 Å². The molecule has 2 rings (SSSR count). The van der Waals surface area contributed by atoms with Gasteiger partial charge in [-0.05, 0) is 95.6 Å². The molecule has 1 heterocycles. The van der Waals surface area contributed by atoms with E-state index in [0.717, 1.165) is 90.4 Å². The van der Waals surface area contributed by atoms with Crippen molar-refractivity contribution >= 4 is 5.69 Å². The highest BCUT2D eigenvalue weighted by atomic mass is 16.5. The standard InChI is InChI=1S/C51H88N2O3/c1-4-6-8-10-12-14-16-18-20-22-24-26-28-30-32-36-46-55-48-49(40-41-52-42-44-53(45-43-52)50-38-34-35-39-51(50)54-3)56-47-37-33-31-29-27-25-23-21-19-17-15-13-11-9-7-5-2/h12-15,18-21,34-35,38-39,49H,4-11,16-17,22-33,36-37,40-48H2,1-3H3/b14-12-,15-13-,20-18-,21-19-. The number of piperazine rings is 1. The van der Waals surface area contributed by atoms with Crippen molar-refractivity contribution in [3.05, 3.63) is 72.9 Å². The average molecular weight is 777 g/mol. The topological polar surface area (TPSA) is 34.2 Å². The molecule has 1 atom stereocenters. The minimum Gasteiger partial charge on any atom is -0.495 e. The Balaban J connectivity index is 1.58. The highest BCUT2D eigenvalue weighted by molar-refractivity contribution is 5.58. The highest BCUT2D eigenvalue weighted by Crippen LogP contribution is 2.28. The number of unbranched alkanes of at least 4 members (excludes halogenated alkanes) is 18. The van der Waals surface area contributed by atoms with E-state index >= 15 is 0 Å². The van der Waals surface area contributed by atoms with Crippen molar-refractivity contribution in [1.29, 1.82) is 0 Å². The summed E-state index contributed by atoms with van der Waals surface area (Å²) in [5.74, 6) is 0.968. The van der Waals surface area contributed by atoms with E-state index < -0.39 is 0 Å². The average Bonchev–Trinajstić information content (AvgIpc) is 3.23. The Morgan fingerprint density at radius 2 is 1.04 bits per heavy atom. The molecule has 0 spiro atoms. The van der Waals surface area contributed by atoms with Crippen LogP contribution in [0.3, 0.4) is 0 Å². The maximum absolute atomic E-state index is 6.50. The van der Waals surface area contributed by atoms with Gasteiger partial charge in [0, 0.05) is 45.9 Å². The predicted octanol–water partition coefficient (Wildman–Crippen LogP) is 14.2. The van der Waals surface area contributed by atoms with Crippen LogP contribution in [0.2, 0.25) is 0 Å². The SMILES string of the molecule is CCCCC/C=C\C/C=C\CCCCCCCCOCC(CCN1CCN(c2ccccc2OC)CC1)OCCCCCCCC/C=C\C/C=C\CCCCC. The number of para-hydroxylation sites is 2. The molecule has 1 fully saturated rings. The lowest BCUT2D eigenvalue weighted by molar-refractivity contribution is -0.0264. The number of hydrogen-bond acceptors (Lipinski definition) is 5. The lowest BCUT2D eigenvalue weighted by Crippen LogP contribution is -2.47. The van der Waals surface area contributed by atoms with Crippen molar-refractivity contribution in [2.24, 2.45) is 0 Å². The Morgan fingerprint density at radius 1 is 0.554 bits per heavy atom. The van der Waals surface area contributed by atoms with Crippen LogP contribution in [-0.4, -0.2) is 70.7 Å². The second-order valence-electron chi connectivity index (χ2n) is 16.0. The number of anilines is 1. The lowest BCUT2D eigenvalue weighted by Gasteiger charge is -2.37. The summed E-state index contributed by atoms with van der Waals surface area (Å²) in [7, 11) is 1.77. The molecule has 5 nitrogen and oxygen atoms in total. The van der Waals surface area contributed by atoms with Crippen LogP contribution in [0.25, 0.3) is 0 Å². The van der Waals surface area contributed by atoms with E-state index in [1.807, 2.05) is 6.07 Å². The molecule has 1 aliphatic heterocycles. The molecule has 0 N–H and O–H groups in total. The Labute approximate surface area is 347 Å². The molecule has 0 aliphatic carbocycles. The van der Waals surface area contributed by atoms with Gasteiger partial charge in [-0.15, -0.1) is 0 Å². The Morgan fingerprint density at radius 3 is 1.57 bits per heavy atom. The first kappa shape index (κ1) is 49.8. The molecular weight excluding hydrogens is 689 g/mol. The van der Waals surface area contributed by atoms with E-state index in [1.165, 1.54) is 134 Å². The Hall–Kier alpha value is -2.34. The maximum atomic E-state index is 6.50. The van der Waals surface area contributed by atoms with E-state index in [4.69, 9.17) is 14.2 Å². The summed E-state index contributed by atoms with van der Waals surface area (Å²) in [6.07, 6.45) is 50.6. The summed E-state index contributed by atoms with van der Waals surface area (Å²) < 4.78 is 18.4. The molecule has 56 heavy (non-hydrogen) atoms. The number of ether oxygens (including phenoxy) is 3. The molecule has 0 bridgehead atoms. The molecule has 0 amide bonds. The van der Waals surface area contributed by atoms with Crippen molar-refractivity contribution < 1.29 is 14.2 Å². The predicted molar refractivity (Wildman–Crippen MR) is 246 cm³/mol. The van der Waals surface area contributed by atoms with Crippen LogP contribution in [0.1, 0.15) is 174 Å². The van der Waals surface area contributed by atoms with Gasteiger partial charge in [0.15, 0.2) is 0 Å². The number of nitrogens with zero attached hydrogens (tertiary/aromatic N) is 2. The molecule has 1 aromatic rings. The number of hydrogen-bond donors (Lipinski definition) is 0. The van der Waals surface area contributed by atoms with Gasteiger partial charge in [-0.1, -0.05) is 152 Å². The van der Waals surface area contributed by atoms with Crippen LogP contribution in [-0.2, 0) is 9.47 Å². The first-order chi connectivity index (χ1) is 27.8. The van der Waals surface area contributed by atoms with E-state index in [1.54, 1.807) is 7.11 Å². The molecular formula is C51H88N2O3. The molecule has 1 saturated heterocycles. The molecule has 0 radical (unpaired) electrons. The maximum Gasteiger partial charge on any atom is 0.142 e. The normalized spacial score (nSPS) is 14.7. The summed E-state index contributed by atoms with van der Waals surface area (Å²) in [4.78, 5) is 5.07. The molecule has 0 saturated carbocycles. The van der Waals surface area contributed by atoms with Gasteiger partial charge in [-0.3, -0.25) is 4.90 Å². The van der Waals surface area contributed by atoms with E-state index in [0.29, 0.717) is 0 Å². The van der Waals surface area contributed by atoms with Crippen LogP contribution in [0.4, 0.5) is 5.69 Å². The summed E-state index contributed by atoms with van der Waals surface area (Å²) in [6, 6.07) is 8.40. The van der Waals surface area contributed by atoms with Crippen LogP contribution >= 0.6 is 0 Å². The van der Waals surface area contributed by atoms with Crippen molar-refractivity contribution in [2.75, 3.05) is 64.6 Å². The monoisotopic (exact) mass is 777 g/mol. The first-order valence-electron chi connectivity index (χ1n) is 23.7. The molecule has 1 aliphatic rings. The molecule has 5 heteroatoms. The largest absolute Gasteiger partial charge is 0.495 e. The number of methoxy groups -OCH3 is 1. The van der Waals surface area contributed by atoms with Gasteiger partial charge < -0.3 is 19.1 Å². The minimum absolute atomic E-state index is 0.185. The number of rotatable bonds is 38. The summed E-state index contributed by atoms with van der Waals surface area (Å²) in [5.41, 5.74) is 1.21. The zero-order valence-electron chi connectivity index (χ0n) is 37.0. The third kappa shape index (κ3) is 28.1. The van der Waals surface area contributed by atoms with Crippen LogP contribution < -0.4 is 9.64 Å². The van der Waals surface area contributed by atoms with Gasteiger partial charge >= 0.3 is 0 Å². The molecule has 320 valence electrons. The fourth-order valence-electron chi connectivity index (χ4n) is 7.39. The third-order valence-electron chi connectivity index (χ3n) is 11.1. The Bertz CT molecular complexity index is 1110. The van der Waals surface area contributed by atoms with Gasteiger partial charge in [-0.2, -0.15) is 0 Å². The second-order valence-corrected chi connectivity index (χ2v) is 16.0. The zero-order chi connectivity index (χ0) is 39.8. The second kappa shape index (κ2) is 38.2. The fraction of sp³-hybridized carbons (Fsp3) is 0.725. The van der Waals surface area contributed by atoms with Crippen molar-refractivity contribution in [2.45, 2.75) is 180 Å². The first-order valence-corrected chi connectivity index (χ1v) is 23.7. The van der Waals surface area contributed by atoms with E-state index in [2.05, 4.69) is 90.5 Å². The van der Waals surface area contributed by atoms with Gasteiger partial charge in [0.05, 0.1) is 25.5 Å². The van der Waals surface area contributed by atoms with Gasteiger partial charge in [0.1, 0.15) is 5.75 Å². The Kier molecular flexibility index (Phi) is 34.0. The van der Waals surface area contributed by atoms with Crippen LogP contribution in [0.5, 0.6) is 5.75 Å². The van der Waals surface area contributed by atoms with Crippen molar-refractivity contribution in [1.82, 2.24) is 4.90 Å². The summed E-state index contributed by atoms with van der Waals surface area (Å²) in [5, 5.41) is 0. The smallest absolute Gasteiger partial charge is 0.142 e. The number of benzene rings is 1. The van der Waals surface area contributed by atoms with Gasteiger partial charge in [0.2, 0.25) is 0 Å². The third-order valence-corrected chi connectivity index (χ3v) is 11.1. The van der Waals surface area contributed by atoms with Gasteiger partial charge in [-0.25, -0.2) is 0 Å². The van der Waals surface area contributed by atoms with Crippen molar-refractivity contribution in [3.63, 3.8) is 0 Å². The van der Waals surface area contributed by atoms with Crippen molar-refractivity contribution in [3.8, 4) is 5.75 Å². The molecule has 0 aromatic heterocycles. The minimum atomic E-state index is 0.185. The van der Waals surface area contributed by atoms with Crippen LogP contribution in [0, 0.1) is 0 Å². The lowest BCUT2D eigenvalue weighted by atomic mass is 10.1. The summed E-state index contributed by atoms with van der Waals surface area (Å²) in [6.45, 7) is 12.3. The summed E-state index contributed by atoms with van der Waals surface area (Å²) >= 11 is 0. The molecule has 1 aromatic carbocycles. The molecule has 1 unspecified atom stereocenters. The van der Waals surface area contributed by atoms with E-state index in [-0.39, 0.29) is 6.10 Å².